The maximum Gasteiger partial charge on any atom is 0.333 e. The fourth-order valence-electron chi connectivity index (χ4n) is 2.46. The Bertz CT molecular complexity index is 272. The zero-order valence-electron chi connectivity index (χ0n) is 13.9. The van der Waals surface area contributed by atoms with Crippen LogP contribution in [-0.2, 0) is 9.53 Å². The van der Waals surface area contributed by atoms with E-state index in [4.69, 9.17) is 4.74 Å². The minimum atomic E-state index is -0.267. The van der Waals surface area contributed by atoms with E-state index in [1.165, 1.54) is 25.7 Å². The Labute approximate surface area is 125 Å². The number of carbonyl (C=O) groups is 1. The zero-order chi connectivity index (χ0) is 15.4. The smallest absolute Gasteiger partial charge is 0.333 e. The van der Waals surface area contributed by atoms with Gasteiger partial charge in [-0.3, -0.25) is 0 Å². The Morgan fingerprint density at radius 3 is 2.20 bits per heavy atom. The first-order valence-electron chi connectivity index (χ1n) is 8.13. The average Bonchev–Trinajstić information content (AvgIpc) is 2.44. The predicted molar refractivity (Wildman–Crippen MR) is 85.9 cm³/mol. The number of ether oxygens (including phenoxy) is 1. The maximum absolute atomic E-state index is 11.3. The van der Waals surface area contributed by atoms with Crippen molar-refractivity contribution in [2.45, 2.75) is 72.3 Å². The molecular formula is C17H33NO2. The standard InChI is InChI=1S/C17H33NO2/c1-6-9-12-16(18(7-2)8-3)13-10-11-14-20-17(19)15(4)5/h16H,4,6-14H2,1-3,5H3. The quantitative estimate of drug-likeness (QED) is 0.306. The Morgan fingerprint density at radius 2 is 1.70 bits per heavy atom. The highest BCUT2D eigenvalue weighted by Crippen LogP contribution is 2.15. The summed E-state index contributed by atoms with van der Waals surface area (Å²) in [5.41, 5.74) is 0.481. The van der Waals surface area contributed by atoms with Gasteiger partial charge in [-0.2, -0.15) is 0 Å². The molecule has 0 aromatic carbocycles. The van der Waals surface area contributed by atoms with Crippen molar-refractivity contribution >= 4 is 5.97 Å². The molecule has 0 aromatic heterocycles. The number of carbonyl (C=O) groups excluding carboxylic acids is 1. The molecule has 0 bridgehead atoms. The van der Waals surface area contributed by atoms with Crippen LogP contribution < -0.4 is 0 Å². The number of esters is 1. The van der Waals surface area contributed by atoms with Crippen molar-refractivity contribution in [3.8, 4) is 0 Å². The lowest BCUT2D eigenvalue weighted by Gasteiger charge is -2.29. The zero-order valence-corrected chi connectivity index (χ0v) is 13.9. The summed E-state index contributed by atoms with van der Waals surface area (Å²) in [5, 5.41) is 0. The molecular weight excluding hydrogens is 250 g/mol. The van der Waals surface area contributed by atoms with Crippen LogP contribution >= 0.6 is 0 Å². The second-order valence-corrected chi connectivity index (χ2v) is 5.43. The van der Waals surface area contributed by atoms with Crippen LogP contribution in [0.2, 0.25) is 0 Å². The van der Waals surface area contributed by atoms with E-state index in [9.17, 15) is 4.79 Å². The van der Waals surface area contributed by atoms with E-state index >= 15 is 0 Å². The van der Waals surface area contributed by atoms with Gasteiger partial charge in [-0.15, -0.1) is 0 Å². The molecule has 3 heteroatoms. The third-order valence-electron chi connectivity index (χ3n) is 3.73. The molecule has 0 aliphatic carbocycles. The molecule has 0 N–H and O–H groups in total. The van der Waals surface area contributed by atoms with Crippen molar-refractivity contribution in [3.05, 3.63) is 12.2 Å². The summed E-state index contributed by atoms with van der Waals surface area (Å²) in [6.45, 7) is 14.7. The summed E-state index contributed by atoms with van der Waals surface area (Å²) in [6.07, 6.45) is 7.10. The van der Waals surface area contributed by atoms with Gasteiger partial charge in [0.1, 0.15) is 0 Å². The van der Waals surface area contributed by atoms with E-state index in [0.29, 0.717) is 18.2 Å². The van der Waals surface area contributed by atoms with Crippen LogP contribution in [0.15, 0.2) is 12.2 Å². The molecule has 118 valence electrons. The normalized spacial score (nSPS) is 12.4. The number of rotatable bonds is 12. The lowest BCUT2D eigenvalue weighted by atomic mass is 10.0. The Hall–Kier alpha value is -0.830. The van der Waals surface area contributed by atoms with Gasteiger partial charge >= 0.3 is 5.97 Å². The van der Waals surface area contributed by atoms with Crippen molar-refractivity contribution in [1.82, 2.24) is 4.90 Å². The SMILES string of the molecule is C=C(C)C(=O)OCCCCC(CCCC)N(CC)CC. The van der Waals surface area contributed by atoms with Gasteiger partial charge in [-0.05, 0) is 45.7 Å². The first-order chi connectivity index (χ1) is 9.56. The van der Waals surface area contributed by atoms with Crippen molar-refractivity contribution in [2.75, 3.05) is 19.7 Å². The molecule has 0 heterocycles. The second-order valence-electron chi connectivity index (χ2n) is 5.43. The number of hydrogen-bond acceptors (Lipinski definition) is 3. The Kier molecular flexibility index (Phi) is 11.5. The van der Waals surface area contributed by atoms with Gasteiger partial charge in [-0.1, -0.05) is 40.2 Å². The van der Waals surface area contributed by atoms with E-state index in [1.54, 1.807) is 6.92 Å². The van der Waals surface area contributed by atoms with Crippen molar-refractivity contribution in [3.63, 3.8) is 0 Å². The highest BCUT2D eigenvalue weighted by atomic mass is 16.5. The van der Waals surface area contributed by atoms with Gasteiger partial charge in [0, 0.05) is 11.6 Å². The molecule has 0 spiro atoms. The Morgan fingerprint density at radius 1 is 1.10 bits per heavy atom. The van der Waals surface area contributed by atoms with Crippen LogP contribution in [0.25, 0.3) is 0 Å². The fourth-order valence-corrected chi connectivity index (χ4v) is 2.46. The minimum absolute atomic E-state index is 0.267. The van der Waals surface area contributed by atoms with Crippen molar-refractivity contribution in [1.29, 1.82) is 0 Å². The Balaban J connectivity index is 3.94. The van der Waals surface area contributed by atoms with Gasteiger partial charge in [0.2, 0.25) is 0 Å². The number of unbranched alkanes of at least 4 members (excludes halogenated alkanes) is 2. The van der Waals surface area contributed by atoms with E-state index in [0.717, 1.165) is 25.9 Å². The van der Waals surface area contributed by atoms with Crippen LogP contribution in [0.5, 0.6) is 0 Å². The summed E-state index contributed by atoms with van der Waals surface area (Å²) in [5.74, 6) is -0.267. The topological polar surface area (TPSA) is 29.5 Å². The first-order valence-corrected chi connectivity index (χ1v) is 8.13. The summed E-state index contributed by atoms with van der Waals surface area (Å²) in [6, 6.07) is 0.682. The third-order valence-corrected chi connectivity index (χ3v) is 3.73. The summed E-state index contributed by atoms with van der Waals surface area (Å²) >= 11 is 0. The summed E-state index contributed by atoms with van der Waals surface area (Å²) in [7, 11) is 0. The largest absolute Gasteiger partial charge is 0.462 e. The van der Waals surface area contributed by atoms with Crippen LogP contribution in [0.1, 0.15) is 66.2 Å². The van der Waals surface area contributed by atoms with Gasteiger partial charge in [0.15, 0.2) is 0 Å². The summed E-state index contributed by atoms with van der Waals surface area (Å²) < 4.78 is 5.13. The monoisotopic (exact) mass is 283 g/mol. The van der Waals surface area contributed by atoms with Crippen LogP contribution in [0.4, 0.5) is 0 Å². The molecule has 0 saturated heterocycles. The maximum atomic E-state index is 11.3. The van der Waals surface area contributed by atoms with Crippen molar-refractivity contribution in [2.24, 2.45) is 0 Å². The second kappa shape index (κ2) is 12.0. The van der Waals surface area contributed by atoms with E-state index in [-0.39, 0.29) is 5.97 Å². The molecule has 0 saturated carbocycles. The van der Waals surface area contributed by atoms with Gasteiger partial charge in [0.05, 0.1) is 6.61 Å². The van der Waals surface area contributed by atoms with Crippen LogP contribution in [0, 0.1) is 0 Å². The number of nitrogens with zero attached hydrogens (tertiary/aromatic N) is 1. The first kappa shape index (κ1) is 19.2. The van der Waals surface area contributed by atoms with Gasteiger partial charge < -0.3 is 9.64 Å². The molecule has 0 aliphatic rings. The van der Waals surface area contributed by atoms with Gasteiger partial charge in [-0.25, -0.2) is 4.79 Å². The molecule has 0 amide bonds. The fraction of sp³-hybridized carbons (Fsp3) is 0.824. The van der Waals surface area contributed by atoms with Crippen LogP contribution in [0.3, 0.4) is 0 Å². The highest BCUT2D eigenvalue weighted by Gasteiger charge is 2.14. The lowest BCUT2D eigenvalue weighted by molar-refractivity contribution is -0.139. The molecule has 3 nitrogen and oxygen atoms in total. The van der Waals surface area contributed by atoms with E-state index < -0.39 is 0 Å². The molecule has 0 radical (unpaired) electrons. The molecule has 0 aromatic rings. The summed E-state index contributed by atoms with van der Waals surface area (Å²) in [4.78, 5) is 13.8. The number of hydrogen-bond donors (Lipinski definition) is 0. The molecule has 20 heavy (non-hydrogen) atoms. The molecule has 0 aliphatic heterocycles. The van der Waals surface area contributed by atoms with Crippen LogP contribution in [-0.4, -0.2) is 36.6 Å². The van der Waals surface area contributed by atoms with Gasteiger partial charge in [0.25, 0.3) is 0 Å². The third kappa shape index (κ3) is 8.36. The van der Waals surface area contributed by atoms with E-state index in [2.05, 4.69) is 32.3 Å². The lowest BCUT2D eigenvalue weighted by Crippen LogP contribution is -2.35. The molecule has 0 fully saturated rings. The molecule has 1 unspecified atom stereocenters. The molecule has 0 rings (SSSR count). The average molecular weight is 283 g/mol. The highest BCUT2D eigenvalue weighted by molar-refractivity contribution is 5.86. The van der Waals surface area contributed by atoms with Crippen molar-refractivity contribution < 1.29 is 9.53 Å². The minimum Gasteiger partial charge on any atom is -0.462 e. The predicted octanol–water partition coefficient (Wildman–Crippen LogP) is 4.18. The van der Waals surface area contributed by atoms with E-state index in [1.807, 2.05) is 0 Å². The molecule has 1 atom stereocenters.